The van der Waals surface area contributed by atoms with Gasteiger partial charge in [0.15, 0.2) is 0 Å². The zero-order valence-electron chi connectivity index (χ0n) is 8.76. The van der Waals surface area contributed by atoms with E-state index in [1.165, 1.54) is 0 Å². The van der Waals surface area contributed by atoms with Crippen molar-refractivity contribution in [2.24, 2.45) is 0 Å². The highest BCUT2D eigenvalue weighted by atomic mass is 19.4. The van der Waals surface area contributed by atoms with Crippen LogP contribution in [0.5, 0.6) is 5.75 Å². The molecule has 0 unspecified atom stereocenters. The highest BCUT2D eigenvalue weighted by Crippen LogP contribution is 2.12. The maximum Gasteiger partial charge on any atom is 0.401 e. The minimum atomic E-state index is -4.14. The first kappa shape index (κ1) is 12.8. The second-order valence-electron chi connectivity index (χ2n) is 3.31. The van der Waals surface area contributed by atoms with Gasteiger partial charge in [0, 0.05) is 0 Å². The van der Waals surface area contributed by atoms with Crippen molar-refractivity contribution in [2.75, 3.05) is 19.7 Å². The Morgan fingerprint density at radius 2 is 1.81 bits per heavy atom. The maximum absolute atomic E-state index is 11.7. The number of para-hydroxylation sites is 1. The van der Waals surface area contributed by atoms with Gasteiger partial charge in [-0.1, -0.05) is 18.2 Å². The highest BCUT2D eigenvalue weighted by Gasteiger charge is 2.25. The van der Waals surface area contributed by atoms with E-state index in [9.17, 15) is 13.2 Å². The Morgan fingerprint density at radius 3 is 2.44 bits per heavy atom. The molecule has 2 nitrogen and oxygen atoms in total. The molecule has 0 aromatic heterocycles. The summed E-state index contributed by atoms with van der Waals surface area (Å²) in [4.78, 5) is 0. The summed E-state index contributed by atoms with van der Waals surface area (Å²) >= 11 is 0. The predicted octanol–water partition coefficient (Wildman–Crippen LogP) is 2.61. The van der Waals surface area contributed by atoms with Gasteiger partial charge in [-0.25, -0.2) is 0 Å². The van der Waals surface area contributed by atoms with Crippen LogP contribution in [-0.4, -0.2) is 25.9 Å². The van der Waals surface area contributed by atoms with Crippen LogP contribution >= 0.6 is 0 Å². The smallest absolute Gasteiger partial charge is 0.401 e. The van der Waals surface area contributed by atoms with Crippen molar-refractivity contribution in [1.82, 2.24) is 5.32 Å². The molecule has 90 valence electrons. The van der Waals surface area contributed by atoms with E-state index in [4.69, 9.17) is 4.74 Å². The molecule has 16 heavy (non-hydrogen) atoms. The Bertz CT molecular complexity index is 287. The van der Waals surface area contributed by atoms with Crippen LogP contribution in [0.25, 0.3) is 0 Å². The minimum Gasteiger partial charge on any atom is -0.494 e. The summed E-state index contributed by atoms with van der Waals surface area (Å²) in [5, 5.41) is 2.31. The van der Waals surface area contributed by atoms with Crippen molar-refractivity contribution in [3.63, 3.8) is 0 Å². The van der Waals surface area contributed by atoms with Gasteiger partial charge >= 0.3 is 6.18 Å². The second-order valence-corrected chi connectivity index (χ2v) is 3.31. The number of halogens is 3. The third kappa shape index (κ3) is 6.29. The number of ether oxygens (including phenoxy) is 1. The van der Waals surface area contributed by atoms with E-state index in [1.807, 2.05) is 30.3 Å². The van der Waals surface area contributed by atoms with Gasteiger partial charge in [0.1, 0.15) is 5.75 Å². The maximum atomic E-state index is 11.7. The average Bonchev–Trinajstić information content (AvgIpc) is 2.23. The quantitative estimate of drug-likeness (QED) is 0.762. The molecule has 0 bridgehead atoms. The third-order valence-corrected chi connectivity index (χ3v) is 1.84. The Labute approximate surface area is 92.4 Å². The van der Waals surface area contributed by atoms with Gasteiger partial charge in [-0.3, -0.25) is 0 Å². The third-order valence-electron chi connectivity index (χ3n) is 1.84. The Balaban J connectivity index is 2.01. The molecule has 0 aliphatic heterocycles. The number of hydrogen-bond acceptors (Lipinski definition) is 2. The van der Waals surface area contributed by atoms with Crippen LogP contribution in [0.3, 0.4) is 0 Å². The summed E-state index contributed by atoms with van der Waals surface area (Å²) in [6, 6.07) is 9.18. The number of benzene rings is 1. The van der Waals surface area contributed by atoms with Crippen LogP contribution < -0.4 is 10.1 Å². The van der Waals surface area contributed by atoms with Crippen molar-refractivity contribution in [3.05, 3.63) is 30.3 Å². The Kier molecular flexibility index (Phi) is 5.11. The van der Waals surface area contributed by atoms with E-state index in [2.05, 4.69) is 5.32 Å². The molecule has 1 rings (SSSR count). The molecule has 0 spiro atoms. The monoisotopic (exact) mass is 233 g/mol. The molecule has 0 fully saturated rings. The topological polar surface area (TPSA) is 21.3 Å². The van der Waals surface area contributed by atoms with Gasteiger partial charge in [-0.05, 0) is 25.1 Å². The van der Waals surface area contributed by atoms with E-state index in [0.717, 1.165) is 5.75 Å². The zero-order valence-corrected chi connectivity index (χ0v) is 8.76. The van der Waals surface area contributed by atoms with E-state index in [1.54, 1.807) is 0 Å². The molecule has 0 saturated heterocycles. The molecule has 0 heterocycles. The van der Waals surface area contributed by atoms with Gasteiger partial charge in [0.25, 0.3) is 0 Å². The lowest BCUT2D eigenvalue weighted by Gasteiger charge is -2.08. The van der Waals surface area contributed by atoms with E-state index >= 15 is 0 Å². The molecular weight excluding hydrogens is 219 g/mol. The van der Waals surface area contributed by atoms with Crippen molar-refractivity contribution < 1.29 is 17.9 Å². The fourth-order valence-electron chi connectivity index (χ4n) is 1.13. The molecule has 1 aromatic carbocycles. The lowest BCUT2D eigenvalue weighted by molar-refractivity contribution is -0.124. The molecule has 1 N–H and O–H groups in total. The summed E-state index contributed by atoms with van der Waals surface area (Å²) in [6.07, 6.45) is -3.59. The molecule has 0 aliphatic carbocycles. The van der Waals surface area contributed by atoms with Crippen molar-refractivity contribution >= 4 is 0 Å². The van der Waals surface area contributed by atoms with E-state index in [0.29, 0.717) is 19.6 Å². The molecule has 5 heteroatoms. The first-order valence-electron chi connectivity index (χ1n) is 5.03. The van der Waals surface area contributed by atoms with Gasteiger partial charge in [0.05, 0.1) is 13.2 Å². The van der Waals surface area contributed by atoms with Crippen molar-refractivity contribution in [1.29, 1.82) is 0 Å². The molecule has 0 radical (unpaired) electrons. The summed E-state index contributed by atoms with van der Waals surface area (Å²) in [6.45, 7) is -0.237. The molecule has 0 atom stereocenters. The lowest BCUT2D eigenvalue weighted by atomic mass is 10.3. The first-order valence-corrected chi connectivity index (χ1v) is 5.03. The highest BCUT2D eigenvalue weighted by molar-refractivity contribution is 5.20. The van der Waals surface area contributed by atoms with Crippen LogP contribution in [0.4, 0.5) is 13.2 Å². The summed E-state index contributed by atoms with van der Waals surface area (Å²) in [7, 11) is 0. The molecule has 0 saturated carbocycles. The molecular formula is C11H14F3NO. The lowest BCUT2D eigenvalue weighted by Crippen LogP contribution is -2.30. The fourth-order valence-corrected chi connectivity index (χ4v) is 1.13. The second kappa shape index (κ2) is 6.37. The van der Waals surface area contributed by atoms with Crippen LogP contribution in [0.1, 0.15) is 6.42 Å². The van der Waals surface area contributed by atoms with Crippen molar-refractivity contribution in [2.45, 2.75) is 12.6 Å². The summed E-state index contributed by atoms with van der Waals surface area (Å²) in [5.41, 5.74) is 0. The van der Waals surface area contributed by atoms with Crippen LogP contribution in [0, 0.1) is 0 Å². The van der Waals surface area contributed by atoms with Crippen LogP contribution in [0.2, 0.25) is 0 Å². The molecule has 1 aromatic rings. The summed E-state index contributed by atoms with van der Waals surface area (Å²) < 4.78 is 40.5. The van der Waals surface area contributed by atoms with Crippen LogP contribution in [0.15, 0.2) is 30.3 Å². The summed E-state index contributed by atoms with van der Waals surface area (Å²) in [5.74, 6) is 0.735. The number of nitrogens with one attached hydrogen (secondary N) is 1. The number of rotatable bonds is 6. The van der Waals surface area contributed by atoms with Crippen molar-refractivity contribution in [3.8, 4) is 5.75 Å². The SMILES string of the molecule is FC(F)(F)CNCCCOc1ccccc1. The molecule has 0 amide bonds. The Hall–Kier alpha value is -1.23. The molecule has 0 aliphatic rings. The van der Waals surface area contributed by atoms with Gasteiger partial charge in [0.2, 0.25) is 0 Å². The van der Waals surface area contributed by atoms with E-state index in [-0.39, 0.29) is 0 Å². The fraction of sp³-hybridized carbons (Fsp3) is 0.455. The van der Waals surface area contributed by atoms with Gasteiger partial charge < -0.3 is 10.1 Å². The standard InChI is InChI=1S/C11H14F3NO/c12-11(13,14)9-15-7-4-8-16-10-5-2-1-3-6-10/h1-3,5-6,15H,4,7-9H2. The largest absolute Gasteiger partial charge is 0.494 e. The zero-order chi connectivity index (χ0) is 11.9. The number of alkyl halides is 3. The van der Waals surface area contributed by atoms with Crippen LogP contribution in [-0.2, 0) is 0 Å². The van der Waals surface area contributed by atoms with E-state index < -0.39 is 12.7 Å². The minimum absolute atomic E-state index is 0.298. The average molecular weight is 233 g/mol. The first-order chi connectivity index (χ1) is 7.58. The number of hydrogen-bond donors (Lipinski definition) is 1. The van der Waals surface area contributed by atoms with Gasteiger partial charge in [-0.2, -0.15) is 13.2 Å². The van der Waals surface area contributed by atoms with Gasteiger partial charge in [-0.15, -0.1) is 0 Å². The predicted molar refractivity (Wildman–Crippen MR) is 55.5 cm³/mol. The normalized spacial score (nSPS) is 11.4. The Morgan fingerprint density at radius 1 is 1.12 bits per heavy atom.